The number of nitrogens with zero attached hydrogens (tertiary/aromatic N) is 2. The molecule has 0 aromatic heterocycles. The topological polar surface area (TPSA) is 15.6 Å². The van der Waals surface area contributed by atoms with Crippen molar-refractivity contribution in [1.82, 2.24) is 5.01 Å². The van der Waals surface area contributed by atoms with Gasteiger partial charge in [-0.15, -0.1) is 0 Å². The van der Waals surface area contributed by atoms with Crippen molar-refractivity contribution in [1.29, 1.82) is 0 Å². The van der Waals surface area contributed by atoms with Crippen LogP contribution in [-0.4, -0.2) is 23.3 Å². The van der Waals surface area contributed by atoms with Crippen LogP contribution in [-0.2, 0) is 0 Å². The van der Waals surface area contributed by atoms with Crippen molar-refractivity contribution >= 4 is 6.21 Å². The van der Waals surface area contributed by atoms with Gasteiger partial charge in [0.1, 0.15) is 0 Å². The lowest BCUT2D eigenvalue weighted by Gasteiger charge is -2.39. The quantitative estimate of drug-likeness (QED) is 0.659. The summed E-state index contributed by atoms with van der Waals surface area (Å²) in [5, 5.41) is 6.96. The van der Waals surface area contributed by atoms with Crippen molar-refractivity contribution in [2.75, 3.05) is 6.54 Å². The number of hydrazone groups is 1. The highest BCUT2D eigenvalue weighted by atomic mass is 15.5. The molecule has 2 rings (SSSR count). The minimum atomic E-state index is 0.426. The largest absolute Gasteiger partial charge is 0.291 e. The van der Waals surface area contributed by atoms with E-state index < -0.39 is 0 Å². The smallest absolute Gasteiger partial charge is 0.0628 e. The summed E-state index contributed by atoms with van der Waals surface area (Å²) in [6.45, 7) is 3.49. The Morgan fingerprint density at radius 3 is 3.00 bits per heavy atom. The van der Waals surface area contributed by atoms with Gasteiger partial charge in [-0.1, -0.05) is 32.6 Å². The first kappa shape index (κ1) is 10.0. The Morgan fingerprint density at radius 2 is 2.14 bits per heavy atom. The van der Waals surface area contributed by atoms with E-state index in [2.05, 4.69) is 23.2 Å². The van der Waals surface area contributed by atoms with E-state index in [9.17, 15) is 0 Å². The zero-order valence-electron chi connectivity index (χ0n) is 9.34. The van der Waals surface area contributed by atoms with E-state index in [1.165, 1.54) is 57.9 Å². The monoisotopic (exact) mass is 194 g/mol. The fraction of sp³-hybridized carbons (Fsp3) is 0.917. The van der Waals surface area contributed by atoms with Crippen LogP contribution in [0.2, 0.25) is 0 Å². The van der Waals surface area contributed by atoms with E-state index in [0.29, 0.717) is 5.54 Å². The zero-order valence-corrected chi connectivity index (χ0v) is 9.34. The Hall–Kier alpha value is -0.530. The third-order valence-electron chi connectivity index (χ3n) is 3.72. The van der Waals surface area contributed by atoms with E-state index in [4.69, 9.17) is 0 Å². The summed E-state index contributed by atoms with van der Waals surface area (Å²) in [5.74, 6) is 0. The summed E-state index contributed by atoms with van der Waals surface area (Å²) in [6, 6.07) is 0. The van der Waals surface area contributed by atoms with Crippen LogP contribution in [0.25, 0.3) is 0 Å². The lowest BCUT2D eigenvalue weighted by atomic mass is 9.83. The van der Waals surface area contributed by atoms with Crippen LogP contribution < -0.4 is 0 Å². The minimum absolute atomic E-state index is 0.426. The zero-order chi connectivity index (χ0) is 9.86. The lowest BCUT2D eigenvalue weighted by Crippen LogP contribution is -2.43. The second kappa shape index (κ2) is 4.33. The van der Waals surface area contributed by atoms with Gasteiger partial charge >= 0.3 is 0 Å². The molecule has 2 heteroatoms. The molecule has 1 saturated heterocycles. The molecule has 2 aliphatic heterocycles. The highest BCUT2D eigenvalue weighted by Crippen LogP contribution is 2.36. The summed E-state index contributed by atoms with van der Waals surface area (Å²) in [4.78, 5) is 0. The van der Waals surface area contributed by atoms with Gasteiger partial charge in [0.05, 0.1) is 5.54 Å². The molecule has 1 atom stereocenters. The summed E-state index contributed by atoms with van der Waals surface area (Å²) >= 11 is 0. The van der Waals surface area contributed by atoms with E-state index in [0.717, 1.165) is 0 Å². The third-order valence-corrected chi connectivity index (χ3v) is 3.72. The summed E-state index contributed by atoms with van der Waals surface area (Å²) in [7, 11) is 0. The molecule has 14 heavy (non-hydrogen) atoms. The van der Waals surface area contributed by atoms with Crippen LogP contribution in [0.15, 0.2) is 5.10 Å². The van der Waals surface area contributed by atoms with Crippen molar-refractivity contribution < 1.29 is 0 Å². The molecular formula is C12H22N2. The molecular weight excluding hydrogens is 172 g/mol. The van der Waals surface area contributed by atoms with E-state index in [-0.39, 0.29) is 0 Å². The maximum Gasteiger partial charge on any atom is 0.0628 e. The predicted octanol–water partition coefficient (Wildman–Crippen LogP) is 3.18. The number of hydrogen-bond acceptors (Lipinski definition) is 2. The van der Waals surface area contributed by atoms with Crippen LogP contribution in [0.1, 0.15) is 58.3 Å². The minimum Gasteiger partial charge on any atom is -0.291 e. The molecule has 0 radical (unpaired) electrons. The number of rotatable bonds is 2. The fourth-order valence-electron chi connectivity index (χ4n) is 2.95. The second-order valence-corrected chi connectivity index (χ2v) is 4.76. The van der Waals surface area contributed by atoms with E-state index >= 15 is 0 Å². The first-order chi connectivity index (χ1) is 6.87. The van der Waals surface area contributed by atoms with Gasteiger partial charge in [0.15, 0.2) is 0 Å². The Balaban J connectivity index is 2.07. The first-order valence-corrected chi connectivity index (χ1v) is 6.17. The molecule has 0 amide bonds. The summed E-state index contributed by atoms with van der Waals surface area (Å²) in [5.41, 5.74) is 0.426. The molecule has 1 fully saturated rings. The van der Waals surface area contributed by atoms with Gasteiger partial charge in [-0.3, -0.25) is 5.01 Å². The molecule has 2 heterocycles. The Labute approximate surface area is 87.4 Å². The SMILES string of the molecule is CCCC12CC=NN1CCCCCC2. The molecule has 2 aliphatic rings. The molecule has 0 aromatic carbocycles. The van der Waals surface area contributed by atoms with Gasteiger partial charge in [-0.25, -0.2) is 0 Å². The first-order valence-electron chi connectivity index (χ1n) is 6.17. The molecule has 0 spiro atoms. The Morgan fingerprint density at radius 1 is 1.29 bits per heavy atom. The van der Waals surface area contributed by atoms with Crippen LogP contribution in [0, 0.1) is 0 Å². The highest BCUT2D eigenvalue weighted by Gasteiger charge is 2.37. The van der Waals surface area contributed by atoms with Crippen LogP contribution in [0.5, 0.6) is 0 Å². The second-order valence-electron chi connectivity index (χ2n) is 4.76. The Kier molecular flexibility index (Phi) is 3.09. The third kappa shape index (κ3) is 1.79. The fourth-order valence-corrected chi connectivity index (χ4v) is 2.95. The summed E-state index contributed by atoms with van der Waals surface area (Å²) in [6.07, 6.45) is 12.9. The van der Waals surface area contributed by atoms with Gasteiger partial charge < -0.3 is 0 Å². The maximum atomic E-state index is 4.56. The van der Waals surface area contributed by atoms with Crippen LogP contribution in [0.4, 0.5) is 0 Å². The number of hydrogen-bond donors (Lipinski definition) is 0. The van der Waals surface area contributed by atoms with Crippen molar-refractivity contribution in [2.24, 2.45) is 5.10 Å². The Bertz CT molecular complexity index is 212. The van der Waals surface area contributed by atoms with E-state index in [1.807, 2.05) is 0 Å². The van der Waals surface area contributed by atoms with Gasteiger partial charge in [0, 0.05) is 19.2 Å². The summed E-state index contributed by atoms with van der Waals surface area (Å²) < 4.78 is 0. The van der Waals surface area contributed by atoms with Gasteiger partial charge in [-0.2, -0.15) is 5.10 Å². The van der Waals surface area contributed by atoms with Crippen molar-refractivity contribution in [2.45, 2.75) is 63.8 Å². The van der Waals surface area contributed by atoms with Gasteiger partial charge in [0.25, 0.3) is 0 Å². The molecule has 0 N–H and O–H groups in total. The van der Waals surface area contributed by atoms with E-state index in [1.54, 1.807) is 0 Å². The average Bonchev–Trinajstić information content (AvgIpc) is 2.50. The molecule has 80 valence electrons. The molecule has 0 aliphatic carbocycles. The van der Waals surface area contributed by atoms with Crippen molar-refractivity contribution in [3.05, 3.63) is 0 Å². The average molecular weight is 194 g/mol. The van der Waals surface area contributed by atoms with Gasteiger partial charge in [0.2, 0.25) is 0 Å². The molecule has 0 aromatic rings. The van der Waals surface area contributed by atoms with Crippen molar-refractivity contribution in [3.8, 4) is 0 Å². The number of fused-ring (bicyclic) bond motifs is 1. The predicted molar refractivity (Wildman–Crippen MR) is 60.5 cm³/mol. The van der Waals surface area contributed by atoms with Crippen molar-refractivity contribution in [3.63, 3.8) is 0 Å². The normalized spacial score (nSPS) is 32.5. The highest BCUT2D eigenvalue weighted by molar-refractivity contribution is 5.61. The van der Waals surface area contributed by atoms with Crippen LogP contribution in [0.3, 0.4) is 0 Å². The molecule has 0 bridgehead atoms. The maximum absolute atomic E-state index is 4.56. The van der Waals surface area contributed by atoms with Crippen LogP contribution >= 0.6 is 0 Å². The lowest BCUT2D eigenvalue weighted by molar-refractivity contribution is 0.0827. The standard InChI is InChI=1S/C12H22N2/c1-2-7-12-8-5-3-4-6-11-14(12)13-10-9-12/h10H,2-9,11H2,1H3. The molecule has 1 unspecified atom stereocenters. The molecule has 2 nitrogen and oxygen atoms in total. The van der Waals surface area contributed by atoms with Gasteiger partial charge in [-0.05, 0) is 19.3 Å². The molecule has 0 saturated carbocycles.